The maximum Gasteiger partial charge on any atom is 0.0728 e. The van der Waals surface area contributed by atoms with Crippen molar-refractivity contribution in [2.75, 3.05) is 6.54 Å². The fourth-order valence-corrected chi connectivity index (χ4v) is 2.08. The highest BCUT2D eigenvalue weighted by atomic mass is 15.4. The van der Waals surface area contributed by atoms with Crippen LogP contribution in [0.2, 0.25) is 0 Å². The number of aromatic nitrogens is 3. The molecule has 2 heterocycles. The van der Waals surface area contributed by atoms with Crippen molar-refractivity contribution in [3.8, 4) is 0 Å². The topological polar surface area (TPSA) is 42.7 Å². The molecule has 2 unspecified atom stereocenters. The van der Waals surface area contributed by atoms with Gasteiger partial charge in [-0.3, -0.25) is 4.68 Å². The van der Waals surface area contributed by atoms with Gasteiger partial charge in [0, 0.05) is 19.0 Å². The lowest BCUT2D eigenvalue weighted by atomic mass is 9.89. The number of hydrogen-bond acceptors (Lipinski definition) is 3. The van der Waals surface area contributed by atoms with Crippen molar-refractivity contribution in [3.05, 3.63) is 11.9 Å². The van der Waals surface area contributed by atoms with E-state index in [-0.39, 0.29) is 0 Å². The molecule has 0 spiro atoms. The van der Waals surface area contributed by atoms with Crippen LogP contribution >= 0.6 is 0 Å². The van der Waals surface area contributed by atoms with Crippen molar-refractivity contribution in [3.63, 3.8) is 0 Å². The Morgan fingerprint density at radius 3 is 3.08 bits per heavy atom. The van der Waals surface area contributed by atoms with E-state index in [4.69, 9.17) is 0 Å². The Labute approximate surface area is 78.3 Å². The first-order valence-electron chi connectivity index (χ1n) is 4.87. The Morgan fingerprint density at radius 2 is 2.46 bits per heavy atom. The molecule has 0 amide bonds. The molecule has 0 aliphatic carbocycles. The van der Waals surface area contributed by atoms with Crippen LogP contribution in [0.3, 0.4) is 0 Å². The number of nitrogens with zero attached hydrogens (tertiary/aromatic N) is 3. The van der Waals surface area contributed by atoms with Crippen LogP contribution in [-0.2, 0) is 7.05 Å². The first-order chi connectivity index (χ1) is 6.29. The highest BCUT2D eigenvalue weighted by Crippen LogP contribution is 2.26. The van der Waals surface area contributed by atoms with Crippen LogP contribution in [0.5, 0.6) is 0 Å². The number of rotatable bonds is 1. The minimum absolute atomic E-state index is 0.547. The summed E-state index contributed by atoms with van der Waals surface area (Å²) in [6.45, 7) is 3.37. The summed E-state index contributed by atoms with van der Waals surface area (Å²) in [5.41, 5.74) is 1.25. The van der Waals surface area contributed by atoms with E-state index in [1.807, 2.05) is 17.9 Å². The Balaban J connectivity index is 2.19. The van der Waals surface area contributed by atoms with Crippen LogP contribution in [-0.4, -0.2) is 27.6 Å². The van der Waals surface area contributed by atoms with Gasteiger partial charge in [-0.25, -0.2) is 0 Å². The zero-order valence-electron chi connectivity index (χ0n) is 8.20. The zero-order valence-corrected chi connectivity index (χ0v) is 8.20. The molecule has 13 heavy (non-hydrogen) atoms. The molecule has 2 atom stereocenters. The van der Waals surface area contributed by atoms with Gasteiger partial charge in [-0.2, -0.15) is 0 Å². The van der Waals surface area contributed by atoms with Crippen LogP contribution in [0, 0.1) is 0 Å². The zero-order chi connectivity index (χ0) is 9.26. The molecule has 1 aromatic heterocycles. The van der Waals surface area contributed by atoms with Crippen LogP contribution < -0.4 is 5.32 Å². The predicted octanol–water partition coefficient (Wildman–Crippen LogP) is 0.671. The van der Waals surface area contributed by atoms with Gasteiger partial charge >= 0.3 is 0 Å². The van der Waals surface area contributed by atoms with Crippen molar-refractivity contribution in [1.82, 2.24) is 20.3 Å². The number of aryl methyl sites for hydroxylation is 1. The van der Waals surface area contributed by atoms with Crippen molar-refractivity contribution < 1.29 is 0 Å². The highest BCUT2D eigenvalue weighted by molar-refractivity contribution is 5.07. The van der Waals surface area contributed by atoms with E-state index in [0.29, 0.717) is 12.0 Å². The Kier molecular flexibility index (Phi) is 2.31. The Bertz CT molecular complexity index is 281. The van der Waals surface area contributed by atoms with E-state index in [1.165, 1.54) is 18.5 Å². The molecule has 0 saturated carbocycles. The summed E-state index contributed by atoms with van der Waals surface area (Å²) in [5, 5.41) is 11.4. The lowest BCUT2D eigenvalue weighted by Gasteiger charge is -2.29. The fourth-order valence-electron chi connectivity index (χ4n) is 2.08. The fraction of sp³-hybridized carbons (Fsp3) is 0.778. The second kappa shape index (κ2) is 3.46. The molecule has 4 heteroatoms. The quantitative estimate of drug-likeness (QED) is 0.690. The van der Waals surface area contributed by atoms with Crippen molar-refractivity contribution in [2.45, 2.75) is 31.7 Å². The highest BCUT2D eigenvalue weighted by Gasteiger charge is 2.24. The van der Waals surface area contributed by atoms with Crippen molar-refractivity contribution >= 4 is 0 Å². The molecular formula is C9H16N4. The molecule has 4 nitrogen and oxygen atoms in total. The lowest BCUT2D eigenvalue weighted by Crippen LogP contribution is -2.38. The van der Waals surface area contributed by atoms with E-state index in [1.54, 1.807) is 0 Å². The van der Waals surface area contributed by atoms with Gasteiger partial charge in [-0.1, -0.05) is 5.21 Å². The average Bonchev–Trinajstić information content (AvgIpc) is 2.52. The molecule has 1 saturated heterocycles. The van der Waals surface area contributed by atoms with Gasteiger partial charge in [0.05, 0.1) is 11.9 Å². The number of nitrogens with one attached hydrogen (secondary N) is 1. The minimum Gasteiger partial charge on any atom is -0.314 e. The van der Waals surface area contributed by atoms with E-state index in [9.17, 15) is 0 Å². The summed E-state index contributed by atoms with van der Waals surface area (Å²) in [6, 6.07) is 0.547. The summed E-state index contributed by atoms with van der Waals surface area (Å²) in [7, 11) is 1.96. The minimum atomic E-state index is 0.547. The van der Waals surface area contributed by atoms with Gasteiger partial charge in [-0.15, -0.1) is 5.10 Å². The SMILES string of the molecule is CC1NCCCC1c1cnnn1C. The lowest BCUT2D eigenvalue weighted by molar-refractivity contribution is 0.357. The third kappa shape index (κ3) is 1.58. The van der Waals surface area contributed by atoms with E-state index < -0.39 is 0 Å². The van der Waals surface area contributed by atoms with Crippen molar-refractivity contribution in [2.24, 2.45) is 7.05 Å². The van der Waals surface area contributed by atoms with Gasteiger partial charge in [0.15, 0.2) is 0 Å². The second-order valence-electron chi connectivity index (χ2n) is 3.77. The first-order valence-corrected chi connectivity index (χ1v) is 4.87. The third-order valence-electron chi connectivity index (χ3n) is 2.89. The van der Waals surface area contributed by atoms with Crippen LogP contribution in [0.25, 0.3) is 0 Å². The molecule has 1 aliphatic rings. The van der Waals surface area contributed by atoms with E-state index in [2.05, 4.69) is 22.6 Å². The van der Waals surface area contributed by atoms with Crippen LogP contribution in [0.15, 0.2) is 6.20 Å². The van der Waals surface area contributed by atoms with Crippen LogP contribution in [0.1, 0.15) is 31.4 Å². The largest absolute Gasteiger partial charge is 0.314 e. The molecule has 1 N–H and O–H groups in total. The molecule has 0 radical (unpaired) electrons. The molecule has 1 aromatic rings. The normalized spacial score (nSPS) is 29.1. The van der Waals surface area contributed by atoms with Crippen molar-refractivity contribution in [1.29, 1.82) is 0 Å². The molecule has 1 aliphatic heterocycles. The summed E-state index contributed by atoms with van der Waals surface area (Å²) in [4.78, 5) is 0. The molecule has 72 valence electrons. The van der Waals surface area contributed by atoms with Gasteiger partial charge in [-0.05, 0) is 26.3 Å². The maximum atomic E-state index is 3.97. The Hall–Kier alpha value is -0.900. The number of hydrogen-bond donors (Lipinski definition) is 1. The summed E-state index contributed by atoms with van der Waals surface area (Å²) < 4.78 is 1.88. The summed E-state index contributed by atoms with van der Waals surface area (Å²) >= 11 is 0. The molecule has 0 bridgehead atoms. The molecule has 0 aromatic carbocycles. The predicted molar refractivity (Wildman–Crippen MR) is 50.4 cm³/mol. The smallest absolute Gasteiger partial charge is 0.0728 e. The molecular weight excluding hydrogens is 164 g/mol. The maximum absolute atomic E-state index is 3.97. The average molecular weight is 180 g/mol. The summed E-state index contributed by atoms with van der Waals surface area (Å²) in [6.07, 6.45) is 4.38. The number of piperidine rings is 1. The van der Waals surface area contributed by atoms with Gasteiger partial charge in [0.2, 0.25) is 0 Å². The van der Waals surface area contributed by atoms with E-state index in [0.717, 1.165) is 6.54 Å². The standard InChI is InChI=1S/C9H16N4/c1-7-8(4-3-5-10-7)9-6-11-12-13(9)2/h6-8,10H,3-5H2,1-2H3. The van der Waals surface area contributed by atoms with Crippen LogP contribution in [0.4, 0.5) is 0 Å². The molecule has 2 rings (SSSR count). The first kappa shape index (κ1) is 8.69. The second-order valence-corrected chi connectivity index (χ2v) is 3.77. The summed E-state index contributed by atoms with van der Waals surface area (Å²) in [5.74, 6) is 0.578. The Morgan fingerprint density at radius 1 is 1.62 bits per heavy atom. The van der Waals surface area contributed by atoms with Gasteiger partial charge in [0.25, 0.3) is 0 Å². The third-order valence-corrected chi connectivity index (χ3v) is 2.89. The monoisotopic (exact) mass is 180 g/mol. The molecule has 1 fully saturated rings. The van der Waals surface area contributed by atoms with Gasteiger partial charge in [0.1, 0.15) is 0 Å². The van der Waals surface area contributed by atoms with E-state index >= 15 is 0 Å². The van der Waals surface area contributed by atoms with Gasteiger partial charge < -0.3 is 5.32 Å².